The molecule has 1 aromatic heterocycles. The lowest BCUT2D eigenvalue weighted by atomic mass is 10.1. The second-order valence-electron chi connectivity index (χ2n) is 5.14. The van der Waals surface area contributed by atoms with Gasteiger partial charge in [-0.2, -0.15) is 0 Å². The summed E-state index contributed by atoms with van der Waals surface area (Å²) in [4.78, 5) is 3.91. The third-order valence-corrected chi connectivity index (χ3v) is 4.86. The van der Waals surface area contributed by atoms with E-state index in [0.717, 1.165) is 31.5 Å². The molecule has 0 aliphatic carbocycles. The van der Waals surface area contributed by atoms with E-state index in [1.807, 2.05) is 12.1 Å². The van der Waals surface area contributed by atoms with E-state index in [4.69, 9.17) is 4.74 Å². The molecule has 2 N–H and O–H groups in total. The van der Waals surface area contributed by atoms with Gasteiger partial charge < -0.3 is 10.1 Å². The van der Waals surface area contributed by atoms with Crippen molar-refractivity contribution < 1.29 is 13.2 Å². The molecule has 0 bridgehead atoms. The molecular weight excluding hydrogens is 290 g/mol. The molecule has 2 rings (SSSR count). The van der Waals surface area contributed by atoms with Crippen molar-refractivity contribution >= 4 is 10.0 Å². The summed E-state index contributed by atoms with van der Waals surface area (Å²) in [6, 6.07) is 3.66. The van der Waals surface area contributed by atoms with Gasteiger partial charge in [0, 0.05) is 18.9 Å². The topological polar surface area (TPSA) is 80.3 Å². The molecule has 1 aromatic rings. The fourth-order valence-electron chi connectivity index (χ4n) is 2.26. The van der Waals surface area contributed by atoms with Crippen LogP contribution in [-0.4, -0.2) is 51.5 Å². The number of nitrogens with one attached hydrogen (secondary N) is 2. The highest BCUT2D eigenvalue weighted by Gasteiger charge is 2.14. The number of ether oxygens (including phenoxy) is 1. The second-order valence-corrected chi connectivity index (χ2v) is 7.07. The van der Waals surface area contributed by atoms with Crippen LogP contribution in [0.25, 0.3) is 0 Å². The first-order valence-electron chi connectivity index (χ1n) is 7.34. The minimum absolute atomic E-state index is 0.0877. The summed E-state index contributed by atoms with van der Waals surface area (Å²) in [6.07, 6.45) is 6.08. The average Bonchev–Trinajstić information content (AvgIpc) is 2.52. The molecule has 0 radical (unpaired) electrons. The van der Waals surface area contributed by atoms with Gasteiger partial charge in [-0.1, -0.05) is 0 Å². The maximum Gasteiger partial charge on any atom is 0.211 e. The highest BCUT2D eigenvalue weighted by Crippen LogP contribution is 2.06. The van der Waals surface area contributed by atoms with Crippen LogP contribution in [0.3, 0.4) is 0 Å². The highest BCUT2D eigenvalue weighted by molar-refractivity contribution is 7.89. The van der Waals surface area contributed by atoms with Gasteiger partial charge in [0.1, 0.15) is 0 Å². The number of aromatic nitrogens is 1. The third kappa shape index (κ3) is 6.52. The highest BCUT2D eigenvalue weighted by atomic mass is 32.2. The van der Waals surface area contributed by atoms with E-state index in [2.05, 4.69) is 15.0 Å². The first kappa shape index (κ1) is 16.4. The summed E-state index contributed by atoms with van der Waals surface area (Å²) < 4.78 is 32.0. The molecule has 118 valence electrons. The maximum atomic E-state index is 11.9. The van der Waals surface area contributed by atoms with Gasteiger partial charge in [-0.05, 0) is 50.0 Å². The molecule has 0 spiro atoms. The minimum Gasteiger partial charge on any atom is -0.377 e. The summed E-state index contributed by atoms with van der Waals surface area (Å²) in [7, 11) is -3.25. The van der Waals surface area contributed by atoms with E-state index in [1.165, 1.54) is 0 Å². The van der Waals surface area contributed by atoms with Crippen molar-refractivity contribution in [1.82, 2.24) is 15.0 Å². The fourth-order valence-corrected chi connectivity index (χ4v) is 3.30. The Kier molecular flexibility index (Phi) is 6.56. The fraction of sp³-hybridized carbons (Fsp3) is 0.643. The molecular formula is C14H23N3O3S. The molecule has 1 fully saturated rings. The molecule has 21 heavy (non-hydrogen) atoms. The van der Waals surface area contributed by atoms with Gasteiger partial charge in [-0.25, -0.2) is 13.1 Å². The Balaban J connectivity index is 1.62. The zero-order chi connectivity index (χ0) is 15.0. The van der Waals surface area contributed by atoms with E-state index in [0.29, 0.717) is 19.6 Å². The summed E-state index contributed by atoms with van der Waals surface area (Å²) in [5.41, 5.74) is 0.973. The Hall–Kier alpha value is -1.02. The van der Waals surface area contributed by atoms with Crippen LogP contribution < -0.4 is 10.0 Å². The van der Waals surface area contributed by atoms with E-state index in [9.17, 15) is 8.42 Å². The van der Waals surface area contributed by atoms with Crippen LogP contribution in [0.4, 0.5) is 0 Å². The van der Waals surface area contributed by atoms with Crippen LogP contribution in [0.2, 0.25) is 0 Å². The number of sulfonamides is 1. The molecule has 7 heteroatoms. The Morgan fingerprint density at radius 3 is 2.71 bits per heavy atom. The van der Waals surface area contributed by atoms with Crippen molar-refractivity contribution in [3.05, 3.63) is 30.1 Å². The SMILES string of the molecule is O=S(=O)(CCc1ccncc1)NCCOC1CCNCC1. The number of hydrogen-bond acceptors (Lipinski definition) is 5. The van der Waals surface area contributed by atoms with Crippen LogP contribution >= 0.6 is 0 Å². The number of pyridine rings is 1. The van der Waals surface area contributed by atoms with Gasteiger partial charge in [-0.15, -0.1) is 0 Å². The Labute approximate surface area is 126 Å². The number of aryl methyl sites for hydroxylation is 1. The van der Waals surface area contributed by atoms with E-state index in [-0.39, 0.29) is 11.9 Å². The van der Waals surface area contributed by atoms with Crippen molar-refractivity contribution in [3.8, 4) is 0 Å². The van der Waals surface area contributed by atoms with Crippen molar-refractivity contribution in [2.75, 3.05) is 32.0 Å². The normalized spacial score (nSPS) is 17.0. The molecule has 1 aliphatic rings. The van der Waals surface area contributed by atoms with E-state index < -0.39 is 10.0 Å². The van der Waals surface area contributed by atoms with Crippen molar-refractivity contribution in [1.29, 1.82) is 0 Å². The van der Waals surface area contributed by atoms with Crippen molar-refractivity contribution in [2.45, 2.75) is 25.4 Å². The number of nitrogens with zero attached hydrogens (tertiary/aromatic N) is 1. The molecule has 1 aliphatic heterocycles. The molecule has 1 saturated heterocycles. The smallest absolute Gasteiger partial charge is 0.211 e. The number of rotatable bonds is 8. The zero-order valence-corrected chi connectivity index (χ0v) is 12.9. The molecule has 0 aromatic carbocycles. The summed E-state index contributed by atoms with van der Waals surface area (Å²) in [5, 5.41) is 3.27. The van der Waals surface area contributed by atoms with Gasteiger partial charge in [0.15, 0.2) is 0 Å². The van der Waals surface area contributed by atoms with Crippen molar-refractivity contribution in [2.24, 2.45) is 0 Å². The van der Waals surface area contributed by atoms with Gasteiger partial charge >= 0.3 is 0 Å². The van der Waals surface area contributed by atoms with Crippen LogP contribution in [0.15, 0.2) is 24.5 Å². The summed E-state index contributed by atoms with van der Waals surface area (Å²) in [5.74, 6) is 0.0877. The van der Waals surface area contributed by atoms with Crippen LogP contribution in [0, 0.1) is 0 Å². The van der Waals surface area contributed by atoms with Gasteiger partial charge in [-0.3, -0.25) is 4.98 Å². The average molecular weight is 313 g/mol. The van der Waals surface area contributed by atoms with Crippen LogP contribution in [0.5, 0.6) is 0 Å². The largest absolute Gasteiger partial charge is 0.377 e. The van der Waals surface area contributed by atoms with Crippen LogP contribution in [0.1, 0.15) is 18.4 Å². The lowest BCUT2D eigenvalue weighted by Crippen LogP contribution is -2.35. The Morgan fingerprint density at radius 1 is 1.29 bits per heavy atom. The molecule has 6 nitrogen and oxygen atoms in total. The van der Waals surface area contributed by atoms with Gasteiger partial charge in [0.2, 0.25) is 10.0 Å². The quantitative estimate of drug-likeness (QED) is 0.675. The first-order valence-corrected chi connectivity index (χ1v) is 8.99. The lowest BCUT2D eigenvalue weighted by molar-refractivity contribution is 0.0367. The maximum absolute atomic E-state index is 11.9. The van der Waals surface area contributed by atoms with Gasteiger partial charge in [0.25, 0.3) is 0 Å². The van der Waals surface area contributed by atoms with E-state index >= 15 is 0 Å². The van der Waals surface area contributed by atoms with Crippen molar-refractivity contribution in [3.63, 3.8) is 0 Å². The third-order valence-electron chi connectivity index (χ3n) is 3.47. The minimum atomic E-state index is -3.25. The number of hydrogen-bond donors (Lipinski definition) is 2. The molecule has 0 atom stereocenters. The van der Waals surface area contributed by atoms with E-state index in [1.54, 1.807) is 12.4 Å². The van der Waals surface area contributed by atoms with Crippen LogP contribution in [-0.2, 0) is 21.2 Å². The summed E-state index contributed by atoms with van der Waals surface area (Å²) in [6.45, 7) is 2.71. The van der Waals surface area contributed by atoms with Gasteiger partial charge in [0.05, 0.1) is 18.5 Å². The lowest BCUT2D eigenvalue weighted by Gasteiger charge is -2.22. The molecule has 0 unspecified atom stereocenters. The monoisotopic (exact) mass is 313 g/mol. The molecule has 2 heterocycles. The summed E-state index contributed by atoms with van der Waals surface area (Å²) >= 11 is 0. The standard InChI is InChI=1S/C14H23N3O3S/c18-21(19,12-5-13-1-6-15-7-2-13)17-10-11-20-14-3-8-16-9-4-14/h1-2,6-7,14,16-17H,3-5,8-12H2. The molecule has 0 amide bonds. The second kappa shape index (κ2) is 8.43. The molecule has 0 saturated carbocycles. The Bertz CT molecular complexity index is 501. The first-order chi connectivity index (χ1) is 10.2. The Morgan fingerprint density at radius 2 is 2.00 bits per heavy atom. The number of piperidine rings is 1. The predicted molar refractivity (Wildman–Crippen MR) is 81.6 cm³/mol. The predicted octanol–water partition coefficient (Wildman–Crippen LogP) is 0.312. The zero-order valence-electron chi connectivity index (χ0n) is 12.1.